The Morgan fingerprint density at radius 2 is 1.93 bits per heavy atom. The van der Waals surface area contributed by atoms with Crippen molar-refractivity contribution in [3.63, 3.8) is 0 Å². The SMILES string of the molecule is COc1ccc2c(O[C@H]3CC4C(=O)N(C)CCCCCC[C@@H]5CC5(C(=O)O)NC(=O)[C@@H]4C3)cc(-c3nccs3)nc2c1C. The highest BCUT2D eigenvalue weighted by molar-refractivity contribution is 7.13. The van der Waals surface area contributed by atoms with Crippen molar-refractivity contribution in [2.24, 2.45) is 17.8 Å². The maximum absolute atomic E-state index is 13.8. The first-order valence-electron chi connectivity index (χ1n) is 15.1. The molecule has 3 heterocycles. The summed E-state index contributed by atoms with van der Waals surface area (Å²) in [6, 6.07) is 5.66. The number of fused-ring (bicyclic) bond motifs is 3. The number of ether oxygens (including phenoxy) is 2. The highest BCUT2D eigenvalue weighted by Crippen LogP contribution is 2.48. The molecule has 2 amide bonds. The van der Waals surface area contributed by atoms with Crippen LogP contribution in [0.2, 0.25) is 0 Å². The summed E-state index contributed by atoms with van der Waals surface area (Å²) in [5.74, 6) is -1.51. The first-order valence-corrected chi connectivity index (χ1v) is 15.9. The third-order valence-corrected chi connectivity index (χ3v) is 10.3. The van der Waals surface area contributed by atoms with Gasteiger partial charge in [0.2, 0.25) is 11.8 Å². The highest BCUT2D eigenvalue weighted by atomic mass is 32.1. The van der Waals surface area contributed by atoms with Crippen LogP contribution in [0.4, 0.5) is 0 Å². The number of aromatic nitrogens is 2. The zero-order chi connectivity index (χ0) is 30.3. The monoisotopic (exact) mass is 606 g/mol. The Balaban J connectivity index is 1.33. The van der Waals surface area contributed by atoms with E-state index in [0.29, 0.717) is 43.0 Å². The number of amides is 2. The number of carbonyl (C=O) groups excluding carboxylic acids is 2. The molecule has 6 rings (SSSR count). The van der Waals surface area contributed by atoms with Gasteiger partial charge in [-0.1, -0.05) is 19.3 Å². The maximum Gasteiger partial charge on any atom is 0.329 e. The van der Waals surface area contributed by atoms with Gasteiger partial charge in [-0.2, -0.15) is 0 Å². The van der Waals surface area contributed by atoms with Crippen molar-refractivity contribution < 1.29 is 29.0 Å². The average Bonchev–Trinajstić information content (AvgIpc) is 3.31. The molecule has 11 heteroatoms. The molecule has 0 spiro atoms. The third-order valence-electron chi connectivity index (χ3n) is 9.49. The van der Waals surface area contributed by atoms with Gasteiger partial charge in [-0.3, -0.25) is 9.59 Å². The van der Waals surface area contributed by atoms with E-state index < -0.39 is 29.4 Å². The van der Waals surface area contributed by atoms with Crippen molar-refractivity contribution in [1.29, 1.82) is 0 Å². The summed E-state index contributed by atoms with van der Waals surface area (Å²) in [7, 11) is 3.41. The van der Waals surface area contributed by atoms with Gasteiger partial charge in [0.15, 0.2) is 0 Å². The van der Waals surface area contributed by atoms with Crippen LogP contribution >= 0.6 is 11.3 Å². The van der Waals surface area contributed by atoms with Crippen LogP contribution in [0.5, 0.6) is 11.5 Å². The summed E-state index contributed by atoms with van der Waals surface area (Å²) in [6.45, 7) is 2.58. The third kappa shape index (κ3) is 5.55. The molecule has 1 aliphatic heterocycles. The van der Waals surface area contributed by atoms with Crippen molar-refractivity contribution in [2.75, 3.05) is 20.7 Å². The van der Waals surface area contributed by atoms with Crippen LogP contribution in [0.1, 0.15) is 56.9 Å². The lowest BCUT2D eigenvalue weighted by Crippen LogP contribution is -2.49. The van der Waals surface area contributed by atoms with Gasteiger partial charge in [-0.05, 0) is 57.1 Å². The van der Waals surface area contributed by atoms with Crippen molar-refractivity contribution in [1.82, 2.24) is 20.2 Å². The molecule has 2 aliphatic carbocycles. The number of pyridine rings is 1. The van der Waals surface area contributed by atoms with Crippen molar-refractivity contribution in [2.45, 2.75) is 69.9 Å². The van der Waals surface area contributed by atoms with Gasteiger partial charge >= 0.3 is 5.97 Å². The first-order chi connectivity index (χ1) is 20.7. The molecule has 3 aromatic rings. The Hall–Kier alpha value is -3.73. The smallest absolute Gasteiger partial charge is 0.329 e. The van der Waals surface area contributed by atoms with E-state index in [2.05, 4.69) is 10.3 Å². The van der Waals surface area contributed by atoms with E-state index in [1.54, 1.807) is 25.3 Å². The number of carboxylic acids is 1. The molecule has 1 saturated heterocycles. The molecule has 10 nitrogen and oxygen atoms in total. The number of aliphatic carboxylic acids is 1. The van der Waals surface area contributed by atoms with Gasteiger partial charge in [0.25, 0.3) is 0 Å². The predicted octanol–water partition coefficient (Wildman–Crippen LogP) is 4.83. The molecule has 0 bridgehead atoms. The molecule has 2 unspecified atom stereocenters. The Labute approximate surface area is 254 Å². The Kier molecular flexibility index (Phi) is 8.02. The van der Waals surface area contributed by atoms with Crippen molar-refractivity contribution in [3.8, 4) is 22.2 Å². The number of benzene rings is 1. The van der Waals surface area contributed by atoms with Gasteiger partial charge in [0.05, 0.1) is 24.5 Å². The molecule has 0 radical (unpaired) electrons. The second-order valence-electron chi connectivity index (χ2n) is 12.2. The van der Waals surface area contributed by atoms with Crippen LogP contribution in [-0.4, -0.2) is 70.1 Å². The van der Waals surface area contributed by atoms with Gasteiger partial charge in [-0.15, -0.1) is 11.3 Å². The molecule has 3 aliphatic rings. The second kappa shape index (κ2) is 11.7. The topological polar surface area (TPSA) is 131 Å². The normalized spacial score (nSPS) is 28.0. The zero-order valence-corrected chi connectivity index (χ0v) is 25.6. The number of thiazole rings is 1. The summed E-state index contributed by atoms with van der Waals surface area (Å²) < 4.78 is 12.2. The lowest BCUT2D eigenvalue weighted by molar-refractivity contribution is -0.145. The number of hydrogen-bond donors (Lipinski definition) is 2. The first kappa shape index (κ1) is 29.3. The Morgan fingerprint density at radius 3 is 2.67 bits per heavy atom. The van der Waals surface area contributed by atoms with E-state index in [0.717, 1.165) is 53.6 Å². The fourth-order valence-electron chi connectivity index (χ4n) is 6.93. The van der Waals surface area contributed by atoms with Crippen LogP contribution in [0.15, 0.2) is 29.8 Å². The average molecular weight is 607 g/mol. The number of carbonyl (C=O) groups is 3. The molecule has 228 valence electrons. The van der Waals surface area contributed by atoms with Crippen molar-refractivity contribution in [3.05, 3.63) is 35.3 Å². The predicted molar refractivity (Wildman–Crippen MR) is 162 cm³/mol. The van der Waals surface area contributed by atoms with E-state index >= 15 is 0 Å². The van der Waals surface area contributed by atoms with Crippen molar-refractivity contribution >= 4 is 40.0 Å². The number of carboxylic acid groups (broad SMARTS) is 1. The maximum atomic E-state index is 13.8. The number of nitrogens with zero attached hydrogens (tertiary/aromatic N) is 3. The van der Waals surface area contributed by atoms with Crippen LogP contribution in [0.3, 0.4) is 0 Å². The number of methoxy groups -OCH3 is 1. The van der Waals surface area contributed by atoms with Crippen LogP contribution in [0.25, 0.3) is 21.6 Å². The number of hydrogen-bond acceptors (Lipinski definition) is 8. The molecular weight excluding hydrogens is 568 g/mol. The Morgan fingerprint density at radius 1 is 1.14 bits per heavy atom. The minimum atomic E-state index is -1.24. The largest absolute Gasteiger partial charge is 0.496 e. The van der Waals surface area contributed by atoms with Crippen LogP contribution in [0, 0.1) is 24.7 Å². The van der Waals surface area contributed by atoms with Crippen LogP contribution in [-0.2, 0) is 14.4 Å². The van der Waals surface area contributed by atoms with E-state index in [-0.39, 0.29) is 17.7 Å². The van der Waals surface area contributed by atoms with Gasteiger partial charge in [0, 0.05) is 42.2 Å². The number of nitrogens with one attached hydrogen (secondary N) is 1. The summed E-state index contributed by atoms with van der Waals surface area (Å²) in [6.07, 6.45) is 6.95. The Bertz CT molecular complexity index is 1540. The minimum Gasteiger partial charge on any atom is -0.496 e. The molecule has 2 saturated carbocycles. The summed E-state index contributed by atoms with van der Waals surface area (Å²) in [5.41, 5.74) is 1.04. The molecule has 1 aromatic carbocycles. The minimum absolute atomic E-state index is 0.0742. The number of aryl methyl sites for hydroxylation is 1. The van der Waals surface area contributed by atoms with Gasteiger partial charge in [0.1, 0.15) is 33.8 Å². The summed E-state index contributed by atoms with van der Waals surface area (Å²) in [4.78, 5) is 50.9. The van der Waals surface area contributed by atoms with E-state index in [1.807, 2.05) is 30.5 Å². The van der Waals surface area contributed by atoms with E-state index in [4.69, 9.17) is 14.5 Å². The molecule has 43 heavy (non-hydrogen) atoms. The van der Waals surface area contributed by atoms with Crippen LogP contribution < -0.4 is 14.8 Å². The lowest BCUT2D eigenvalue weighted by atomic mass is 9.92. The van der Waals surface area contributed by atoms with E-state index in [9.17, 15) is 19.5 Å². The van der Waals surface area contributed by atoms with Gasteiger partial charge < -0.3 is 24.8 Å². The molecular formula is C32H38N4O6S. The fraction of sp³-hybridized carbons (Fsp3) is 0.531. The summed E-state index contributed by atoms with van der Waals surface area (Å²) in [5, 5.41) is 16.4. The molecule has 2 aromatic heterocycles. The van der Waals surface area contributed by atoms with Gasteiger partial charge in [-0.25, -0.2) is 14.8 Å². The summed E-state index contributed by atoms with van der Waals surface area (Å²) >= 11 is 1.48. The molecule has 3 fully saturated rings. The quantitative estimate of drug-likeness (QED) is 0.422. The molecule has 2 N–H and O–H groups in total. The number of rotatable bonds is 5. The second-order valence-corrected chi connectivity index (χ2v) is 13.1. The highest BCUT2D eigenvalue weighted by Gasteiger charge is 2.62. The zero-order valence-electron chi connectivity index (χ0n) is 24.8. The standard InChI is InChI=1S/C32H38N4O6S/c1-18-25(41-3)10-9-21-26(16-24(34-27(18)21)29-33-11-13-43-29)42-20-14-22-23(15-20)30(38)36(2)12-7-5-4-6-8-19-17-32(19,31(39)40)35-28(22)37/h9-11,13,16,19-20,22-23H,4-8,12,14-15,17H2,1-3H3,(H,35,37)(H,39,40)/t19-,20-,22-,23?,32?/m1/s1. The molecule has 5 atom stereocenters. The van der Waals surface area contributed by atoms with E-state index in [1.165, 1.54) is 11.3 Å². The fourth-order valence-corrected chi connectivity index (χ4v) is 7.53. The lowest BCUT2D eigenvalue weighted by Gasteiger charge is -2.26.